The number of hydrogen-bond donors (Lipinski definition) is 2. The van der Waals surface area contributed by atoms with Crippen molar-refractivity contribution < 1.29 is 8.42 Å². The van der Waals surface area contributed by atoms with Gasteiger partial charge >= 0.3 is 0 Å². The Labute approximate surface area is 119 Å². The smallest absolute Gasteiger partial charge is 0.241 e. The van der Waals surface area contributed by atoms with E-state index in [4.69, 9.17) is 0 Å². The summed E-state index contributed by atoms with van der Waals surface area (Å²) in [6.45, 7) is 5.78. The molecule has 0 spiro atoms. The first-order chi connectivity index (χ1) is 8.95. The highest BCUT2D eigenvalue weighted by Gasteiger charge is 2.36. The Bertz CT molecular complexity index is 519. The Hall–Kier alpha value is -0.430. The maximum Gasteiger partial charge on any atom is 0.241 e. The molecule has 0 aromatic carbocycles. The van der Waals surface area contributed by atoms with Crippen LogP contribution in [0, 0.1) is 0 Å². The summed E-state index contributed by atoms with van der Waals surface area (Å²) in [5.74, 6) is 0. The average molecular weight is 302 g/mol. The van der Waals surface area contributed by atoms with E-state index in [2.05, 4.69) is 17.0 Å². The van der Waals surface area contributed by atoms with E-state index in [-0.39, 0.29) is 5.54 Å². The molecule has 1 heterocycles. The van der Waals surface area contributed by atoms with E-state index in [1.165, 1.54) is 11.3 Å². The van der Waals surface area contributed by atoms with Gasteiger partial charge in [-0.1, -0.05) is 6.92 Å². The molecule has 108 valence electrons. The number of hydrogen-bond acceptors (Lipinski definition) is 4. The van der Waals surface area contributed by atoms with Gasteiger partial charge in [-0.2, -0.15) is 0 Å². The molecule has 2 rings (SSSR count). The third-order valence-corrected chi connectivity index (χ3v) is 6.21. The summed E-state index contributed by atoms with van der Waals surface area (Å²) in [4.78, 5) is 1.46. The van der Waals surface area contributed by atoms with E-state index in [0.717, 1.165) is 43.6 Å². The summed E-state index contributed by atoms with van der Waals surface area (Å²) < 4.78 is 27.3. The Kier molecular flexibility index (Phi) is 4.66. The SMILES string of the molecule is CCCNCc1cc(S(=O)(=O)NC2(C)CCC2)cs1. The lowest BCUT2D eigenvalue weighted by Crippen LogP contribution is -2.50. The normalized spacial score (nSPS) is 18.2. The molecule has 4 nitrogen and oxygen atoms in total. The van der Waals surface area contributed by atoms with E-state index in [1.54, 1.807) is 11.4 Å². The van der Waals surface area contributed by atoms with Crippen LogP contribution in [0.25, 0.3) is 0 Å². The topological polar surface area (TPSA) is 58.2 Å². The monoisotopic (exact) mass is 302 g/mol. The van der Waals surface area contributed by atoms with Crippen molar-refractivity contribution in [1.82, 2.24) is 10.0 Å². The van der Waals surface area contributed by atoms with Crippen LogP contribution in [0.1, 0.15) is 44.4 Å². The molecule has 19 heavy (non-hydrogen) atoms. The summed E-state index contributed by atoms with van der Waals surface area (Å²) in [6.07, 6.45) is 4.05. The van der Waals surface area contributed by atoms with Crippen LogP contribution in [0.15, 0.2) is 16.3 Å². The molecular weight excluding hydrogens is 280 g/mol. The van der Waals surface area contributed by atoms with Crippen molar-refractivity contribution in [2.24, 2.45) is 0 Å². The largest absolute Gasteiger partial charge is 0.312 e. The molecule has 2 N–H and O–H groups in total. The van der Waals surface area contributed by atoms with Crippen LogP contribution in [-0.4, -0.2) is 20.5 Å². The van der Waals surface area contributed by atoms with Crippen LogP contribution in [0.2, 0.25) is 0 Å². The molecule has 0 bridgehead atoms. The van der Waals surface area contributed by atoms with Crippen molar-refractivity contribution in [3.63, 3.8) is 0 Å². The second-order valence-electron chi connectivity index (χ2n) is 5.45. The van der Waals surface area contributed by atoms with E-state index >= 15 is 0 Å². The van der Waals surface area contributed by atoms with Gasteiger partial charge in [-0.25, -0.2) is 13.1 Å². The van der Waals surface area contributed by atoms with Crippen LogP contribution >= 0.6 is 11.3 Å². The fraction of sp³-hybridized carbons (Fsp3) is 0.692. The van der Waals surface area contributed by atoms with Gasteiger partial charge < -0.3 is 5.32 Å². The quantitative estimate of drug-likeness (QED) is 0.761. The summed E-state index contributed by atoms with van der Waals surface area (Å²) >= 11 is 1.50. The summed E-state index contributed by atoms with van der Waals surface area (Å²) in [5, 5.41) is 5.01. The van der Waals surface area contributed by atoms with Gasteiger partial charge in [0.25, 0.3) is 0 Å². The minimum atomic E-state index is -3.36. The molecule has 1 aliphatic rings. The lowest BCUT2D eigenvalue weighted by molar-refractivity contribution is 0.248. The first-order valence-electron chi connectivity index (χ1n) is 6.77. The zero-order valence-corrected chi connectivity index (χ0v) is 13.2. The molecule has 0 atom stereocenters. The first kappa shape index (κ1) is 15.0. The highest BCUT2D eigenvalue weighted by atomic mass is 32.2. The van der Waals surface area contributed by atoms with Gasteiger partial charge in [-0.3, -0.25) is 0 Å². The van der Waals surface area contributed by atoms with Gasteiger partial charge in [0.2, 0.25) is 10.0 Å². The van der Waals surface area contributed by atoms with Gasteiger partial charge in [-0.15, -0.1) is 11.3 Å². The van der Waals surface area contributed by atoms with Crippen molar-refractivity contribution in [2.45, 2.75) is 56.5 Å². The Morgan fingerprint density at radius 3 is 2.74 bits per heavy atom. The van der Waals surface area contributed by atoms with Crippen LogP contribution in [-0.2, 0) is 16.6 Å². The van der Waals surface area contributed by atoms with E-state index in [0.29, 0.717) is 4.90 Å². The third kappa shape index (κ3) is 3.78. The lowest BCUT2D eigenvalue weighted by atomic mass is 9.80. The minimum Gasteiger partial charge on any atom is -0.312 e. The summed E-state index contributed by atoms with van der Waals surface area (Å²) in [5.41, 5.74) is -0.235. The molecular formula is C13H22N2O2S2. The van der Waals surface area contributed by atoms with Gasteiger partial charge in [-0.05, 0) is 45.2 Å². The zero-order chi connectivity index (χ0) is 13.9. The number of nitrogens with one attached hydrogen (secondary N) is 2. The molecule has 0 aliphatic heterocycles. The molecule has 0 radical (unpaired) electrons. The van der Waals surface area contributed by atoms with Crippen molar-refractivity contribution >= 4 is 21.4 Å². The zero-order valence-electron chi connectivity index (χ0n) is 11.5. The van der Waals surface area contributed by atoms with E-state index in [1.807, 2.05) is 6.92 Å². The standard InChI is InChI=1S/C13H22N2O2S2/c1-3-7-14-9-11-8-12(10-18-11)19(16,17)15-13(2)5-4-6-13/h8,10,14-15H,3-7,9H2,1-2H3. The van der Waals surface area contributed by atoms with Crippen molar-refractivity contribution in [2.75, 3.05) is 6.54 Å². The number of sulfonamides is 1. The fourth-order valence-corrected chi connectivity index (χ4v) is 4.88. The molecule has 6 heteroatoms. The maximum atomic E-state index is 12.3. The summed E-state index contributed by atoms with van der Waals surface area (Å²) in [6, 6.07) is 1.78. The van der Waals surface area contributed by atoms with Gasteiger partial charge in [0.05, 0.1) is 4.90 Å². The van der Waals surface area contributed by atoms with Crippen LogP contribution in [0.5, 0.6) is 0 Å². The van der Waals surface area contributed by atoms with Crippen LogP contribution in [0.3, 0.4) is 0 Å². The predicted octanol–water partition coefficient (Wildman–Crippen LogP) is 2.47. The number of thiophene rings is 1. The number of rotatable bonds is 7. The Balaban J connectivity index is 2.00. The summed E-state index contributed by atoms with van der Waals surface area (Å²) in [7, 11) is -3.36. The second kappa shape index (κ2) is 5.91. The lowest BCUT2D eigenvalue weighted by Gasteiger charge is -2.38. The minimum absolute atomic E-state index is 0.235. The molecule has 1 aromatic rings. The molecule has 1 aliphatic carbocycles. The van der Waals surface area contributed by atoms with Gasteiger partial charge in [0.1, 0.15) is 0 Å². The highest BCUT2D eigenvalue weighted by Crippen LogP contribution is 2.33. The second-order valence-corrected chi connectivity index (χ2v) is 8.12. The maximum absolute atomic E-state index is 12.3. The Morgan fingerprint density at radius 1 is 1.42 bits per heavy atom. The predicted molar refractivity (Wildman–Crippen MR) is 78.9 cm³/mol. The van der Waals surface area contributed by atoms with E-state index < -0.39 is 10.0 Å². The molecule has 0 amide bonds. The molecule has 1 fully saturated rings. The third-order valence-electron chi connectivity index (χ3n) is 3.50. The van der Waals surface area contributed by atoms with Gasteiger partial charge in [0, 0.05) is 22.3 Å². The van der Waals surface area contributed by atoms with Gasteiger partial charge in [0.15, 0.2) is 0 Å². The van der Waals surface area contributed by atoms with Crippen molar-refractivity contribution in [1.29, 1.82) is 0 Å². The van der Waals surface area contributed by atoms with E-state index in [9.17, 15) is 8.42 Å². The molecule has 1 aromatic heterocycles. The van der Waals surface area contributed by atoms with Crippen LogP contribution in [0.4, 0.5) is 0 Å². The Morgan fingerprint density at radius 2 is 2.16 bits per heavy atom. The van der Waals surface area contributed by atoms with Crippen LogP contribution < -0.4 is 10.0 Å². The molecule has 1 saturated carbocycles. The van der Waals surface area contributed by atoms with Crippen molar-refractivity contribution in [3.8, 4) is 0 Å². The molecule has 0 saturated heterocycles. The van der Waals surface area contributed by atoms with Crippen molar-refractivity contribution in [3.05, 3.63) is 16.3 Å². The average Bonchev–Trinajstić information content (AvgIpc) is 2.76. The fourth-order valence-electron chi connectivity index (χ4n) is 2.17. The highest BCUT2D eigenvalue weighted by molar-refractivity contribution is 7.89. The first-order valence-corrected chi connectivity index (χ1v) is 9.14. The molecule has 0 unspecified atom stereocenters.